The molecular weight excluding hydrogens is 326 g/mol. The number of aliphatic carboxylic acids is 1. The number of carbonyl (C=O) groups excluding carboxylic acids is 1. The SMILES string of the molecule is COc1ccccc1[C@@H]1[C@@H](C(=O)O)CCC(=O)N1Cc1ccsc1. The third-order valence-corrected chi connectivity index (χ3v) is 5.15. The summed E-state index contributed by atoms with van der Waals surface area (Å²) in [7, 11) is 1.56. The Bertz CT molecular complexity index is 728. The third-order valence-electron chi connectivity index (χ3n) is 4.41. The van der Waals surface area contributed by atoms with E-state index in [1.54, 1.807) is 29.4 Å². The number of ether oxygens (including phenoxy) is 1. The first-order valence-corrected chi connectivity index (χ1v) is 8.72. The Labute approximate surface area is 144 Å². The van der Waals surface area contributed by atoms with Crippen LogP contribution in [-0.4, -0.2) is 29.0 Å². The van der Waals surface area contributed by atoms with E-state index in [4.69, 9.17) is 4.74 Å². The van der Waals surface area contributed by atoms with Gasteiger partial charge in [0.1, 0.15) is 5.75 Å². The lowest BCUT2D eigenvalue weighted by molar-refractivity contribution is -0.152. The molecule has 0 saturated carbocycles. The number of piperidine rings is 1. The second-order valence-electron chi connectivity index (χ2n) is 5.82. The first-order chi connectivity index (χ1) is 11.6. The summed E-state index contributed by atoms with van der Waals surface area (Å²) in [6.45, 7) is 0.412. The van der Waals surface area contributed by atoms with Gasteiger partial charge in [-0.25, -0.2) is 0 Å². The maximum Gasteiger partial charge on any atom is 0.308 e. The lowest BCUT2D eigenvalue weighted by atomic mass is 9.83. The van der Waals surface area contributed by atoms with Gasteiger partial charge in [-0.3, -0.25) is 9.59 Å². The van der Waals surface area contributed by atoms with E-state index in [2.05, 4.69) is 0 Å². The van der Waals surface area contributed by atoms with Crippen molar-refractivity contribution in [1.29, 1.82) is 0 Å². The summed E-state index contributed by atoms with van der Waals surface area (Å²) in [4.78, 5) is 26.1. The molecule has 0 unspecified atom stereocenters. The molecule has 0 aliphatic carbocycles. The lowest BCUT2D eigenvalue weighted by Gasteiger charge is -2.40. The number of methoxy groups -OCH3 is 1. The zero-order valence-electron chi connectivity index (χ0n) is 13.3. The number of amides is 1. The molecule has 6 heteroatoms. The molecule has 1 fully saturated rings. The van der Waals surface area contributed by atoms with Gasteiger partial charge in [0, 0.05) is 18.5 Å². The number of carboxylic acid groups (broad SMARTS) is 1. The van der Waals surface area contributed by atoms with Crippen LogP contribution in [-0.2, 0) is 16.1 Å². The molecule has 2 heterocycles. The Hall–Kier alpha value is -2.34. The van der Waals surface area contributed by atoms with Crippen molar-refractivity contribution in [3.05, 3.63) is 52.2 Å². The minimum Gasteiger partial charge on any atom is -0.496 e. The topological polar surface area (TPSA) is 66.8 Å². The van der Waals surface area contributed by atoms with E-state index >= 15 is 0 Å². The fourth-order valence-electron chi connectivity index (χ4n) is 3.27. The molecule has 1 amide bonds. The molecule has 1 saturated heterocycles. The van der Waals surface area contributed by atoms with Crippen molar-refractivity contribution in [3.63, 3.8) is 0 Å². The van der Waals surface area contributed by atoms with Gasteiger partial charge in [-0.15, -0.1) is 0 Å². The van der Waals surface area contributed by atoms with Gasteiger partial charge in [0.25, 0.3) is 0 Å². The van der Waals surface area contributed by atoms with Crippen molar-refractivity contribution in [2.75, 3.05) is 7.11 Å². The Morgan fingerprint density at radius 2 is 2.17 bits per heavy atom. The number of benzene rings is 1. The Balaban J connectivity index is 2.04. The van der Waals surface area contributed by atoms with E-state index < -0.39 is 17.9 Å². The Morgan fingerprint density at radius 1 is 1.38 bits per heavy atom. The molecule has 126 valence electrons. The standard InChI is InChI=1S/C18H19NO4S/c1-23-15-5-3-2-4-13(15)17-14(18(21)22)6-7-16(20)19(17)10-12-8-9-24-11-12/h2-5,8-9,11,14,17H,6-7,10H2,1H3,(H,21,22)/t14-,17+/m0/s1. The Morgan fingerprint density at radius 3 is 2.83 bits per heavy atom. The number of likely N-dealkylation sites (tertiary alicyclic amines) is 1. The van der Waals surface area contributed by atoms with Crippen molar-refractivity contribution in [2.45, 2.75) is 25.4 Å². The smallest absolute Gasteiger partial charge is 0.308 e. The van der Waals surface area contributed by atoms with Crippen LogP contribution in [0.3, 0.4) is 0 Å². The van der Waals surface area contributed by atoms with Gasteiger partial charge in [-0.2, -0.15) is 11.3 Å². The first-order valence-electron chi connectivity index (χ1n) is 7.78. The van der Waals surface area contributed by atoms with Crippen LogP contribution >= 0.6 is 11.3 Å². The molecule has 0 bridgehead atoms. The molecular formula is C18H19NO4S. The summed E-state index contributed by atoms with van der Waals surface area (Å²) in [5.41, 5.74) is 1.76. The van der Waals surface area contributed by atoms with Gasteiger partial charge in [0.2, 0.25) is 5.91 Å². The summed E-state index contributed by atoms with van der Waals surface area (Å²) >= 11 is 1.56. The summed E-state index contributed by atoms with van der Waals surface area (Å²) in [6, 6.07) is 8.76. The quantitative estimate of drug-likeness (QED) is 0.903. The highest BCUT2D eigenvalue weighted by molar-refractivity contribution is 7.07. The maximum absolute atomic E-state index is 12.6. The van der Waals surface area contributed by atoms with Crippen LogP contribution in [0.4, 0.5) is 0 Å². The van der Waals surface area contributed by atoms with Gasteiger partial charge < -0.3 is 14.7 Å². The van der Waals surface area contributed by atoms with E-state index in [0.29, 0.717) is 18.7 Å². The number of hydrogen-bond donors (Lipinski definition) is 1. The number of rotatable bonds is 5. The highest BCUT2D eigenvalue weighted by Gasteiger charge is 2.41. The monoisotopic (exact) mass is 345 g/mol. The molecule has 2 aromatic rings. The minimum atomic E-state index is -0.881. The summed E-state index contributed by atoms with van der Waals surface area (Å²) in [5, 5.41) is 13.6. The average Bonchev–Trinajstić information content (AvgIpc) is 3.09. The number of hydrogen-bond acceptors (Lipinski definition) is 4. The molecule has 2 atom stereocenters. The van der Waals surface area contributed by atoms with Crippen molar-refractivity contribution in [2.24, 2.45) is 5.92 Å². The van der Waals surface area contributed by atoms with Crippen LogP contribution in [0.1, 0.15) is 30.0 Å². The van der Waals surface area contributed by atoms with Crippen LogP contribution < -0.4 is 4.74 Å². The number of carboxylic acids is 1. The van der Waals surface area contributed by atoms with Gasteiger partial charge >= 0.3 is 5.97 Å². The Kier molecular flexibility index (Phi) is 4.85. The van der Waals surface area contributed by atoms with Crippen LogP contribution in [0.2, 0.25) is 0 Å². The van der Waals surface area contributed by atoms with Gasteiger partial charge in [-0.1, -0.05) is 18.2 Å². The van der Waals surface area contributed by atoms with Gasteiger partial charge in [0.15, 0.2) is 0 Å². The first kappa shape index (κ1) is 16.5. The molecule has 5 nitrogen and oxygen atoms in total. The van der Waals surface area contributed by atoms with E-state index in [0.717, 1.165) is 11.1 Å². The highest BCUT2D eigenvalue weighted by Crippen LogP contribution is 2.41. The average molecular weight is 345 g/mol. The third kappa shape index (κ3) is 3.14. The normalized spacial score (nSPS) is 20.9. The summed E-state index contributed by atoms with van der Waals surface area (Å²) in [6.07, 6.45) is 0.601. The van der Waals surface area contributed by atoms with Gasteiger partial charge in [0.05, 0.1) is 19.1 Å². The van der Waals surface area contributed by atoms with E-state index in [9.17, 15) is 14.7 Å². The van der Waals surface area contributed by atoms with Crippen molar-refractivity contribution in [3.8, 4) is 5.75 Å². The van der Waals surface area contributed by atoms with Crippen molar-refractivity contribution in [1.82, 2.24) is 4.90 Å². The molecule has 24 heavy (non-hydrogen) atoms. The predicted octanol–water partition coefficient (Wildman–Crippen LogP) is 3.32. The maximum atomic E-state index is 12.6. The zero-order chi connectivity index (χ0) is 17.1. The van der Waals surface area contributed by atoms with Crippen LogP contribution in [0.15, 0.2) is 41.1 Å². The molecule has 0 radical (unpaired) electrons. The summed E-state index contributed by atoms with van der Waals surface area (Å²) < 4.78 is 5.42. The minimum absolute atomic E-state index is 0.0189. The summed E-state index contributed by atoms with van der Waals surface area (Å²) in [5.74, 6) is -0.931. The second kappa shape index (κ2) is 7.05. The van der Waals surface area contributed by atoms with Crippen molar-refractivity contribution >= 4 is 23.2 Å². The molecule has 1 aliphatic heterocycles. The molecule has 1 N–H and O–H groups in total. The number of carbonyl (C=O) groups is 2. The van der Waals surface area contributed by atoms with Crippen LogP contribution in [0.25, 0.3) is 0 Å². The molecule has 3 rings (SSSR count). The highest BCUT2D eigenvalue weighted by atomic mass is 32.1. The predicted molar refractivity (Wildman–Crippen MR) is 91.0 cm³/mol. The molecule has 1 aromatic heterocycles. The van der Waals surface area contributed by atoms with Gasteiger partial charge in [-0.05, 0) is 34.9 Å². The van der Waals surface area contributed by atoms with E-state index in [-0.39, 0.29) is 12.3 Å². The second-order valence-corrected chi connectivity index (χ2v) is 6.60. The lowest BCUT2D eigenvalue weighted by Crippen LogP contribution is -2.44. The van der Waals surface area contributed by atoms with E-state index in [1.165, 1.54) is 0 Å². The zero-order valence-corrected chi connectivity index (χ0v) is 14.2. The van der Waals surface area contributed by atoms with Crippen LogP contribution in [0.5, 0.6) is 5.75 Å². The van der Waals surface area contributed by atoms with Crippen LogP contribution in [0, 0.1) is 5.92 Å². The number of para-hydroxylation sites is 1. The molecule has 1 aliphatic rings. The molecule has 1 aromatic carbocycles. The van der Waals surface area contributed by atoms with E-state index in [1.807, 2.05) is 35.0 Å². The fraction of sp³-hybridized carbons (Fsp3) is 0.333. The largest absolute Gasteiger partial charge is 0.496 e. The number of thiophene rings is 1. The number of nitrogens with zero attached hydrogens (tertiary/aromatic N) is 1. The fourth-order valence-corrected chi connectivity index (χ4v) is 3.93. The van der Waals surface area contributed by atoms with Crippen molar-refractivity contribution < 1.29 is 19.4 Å². The molecule has 0 spiro atoms.